The summed E-state index contributed by atoms with van der Waals surface area (Å²) in [6.07, 6.45) is 0. The van der Waals surface area contributed by atoms with Crippen molar-refractivity contribution in [2.75, 3.05) is 7.11 Å². The number of aromatic hydroxyl groups is 1. The third-order valence-corrected chi connectivity index (χ3v) is 3.87. The van der Waals surface area contributed by atoms with Gasteiger partial charge in [-0.2, -0.15) is 0 Å². The third kappa shape index (κ3) is 3.96. The molecule has 0 aromatic heterocycles. The lowest BCUT2D eigenvalue weighted by Crippen LogP contribution is -2.03. The maximum Gasteiger partial charge on any atom is 0.341 e. The second-order valence-electron chi connectivity index (χ2n) is 5.65. The second kappa shape index (κ2) is 7.71. The first-order chi connectivity index (χ1) is 13.0. The Morgan fingerprint density at radius 3 is 2.41 bits per heavy atom. The van der Waals surface area contributed by atoms with Crippen LogP contribution in [0.3, 0.4) is 0 Å². The molecule has 0 atom stereocenters. The van der Waals surface area contributed by atoms with Crippen molar-refractivity contribution in [3.05, 3.63) is 89.0 Å². The number of carbonyl (C=O) groups is 1. The Kier molecular flexibility index (Phi) is 5.18. The zero-order chi connectivity index (χ0) is 19.4. The number of phenolic OH excluding ortho intramolecular Hbond substituents is 1. The van der Waals surface area contributed by atoms with Gasteiger partial charge in [-0.15, -0.1) is 0 Å². The van der Waals surface area contributed by atoms with Crippen LogP contribution in [0.4, 0.5) is 8.78 Å². The smallest absolute Gasteiger partial charge is 0.341 e. The van der Waals surface area contributed by atoms with Gasteiger partial charge in [0.15, 0.2) is 0 Å². The quantitative estimate of drug-likeness (QED) is 0.537. The van der Waals surface area contributed by atoms with Gasteiger partial charge in [-0.3, -0.25) is 0 Å². The van der Waals surface area contributed by atoms with Crippen molar-refractivity contribution < 1.29 is 23.4 Å². The van der Waals surface area contributed by atoms with E-state index in [0.29, 0.717) is 5.56 Å². The van der Waals surface area contributed by atoms with E-state index in [1.54, 1.807) is 12.1 Å². The average molecular weight is 364 g/mol. The van der Waals surface area contributed by atoms with E-state index in [1.807, 2.05) is 18.2 Å². The summed E-state index contributed by atoms with van der Waals surface area (Å²) in [5.41, 5.74) is 1.01. The fourth-order valence-electron chi connectivity index (χ4n) is 2.54. The van der Waals surface area contributed by atoms with Crippen LogP contribution in [0, 0.1) is 23.5 Å². The van der Waals surface area contributed by atoms with E-state index in [0.717, 1.165) is 12.1 Å². The highest BCUT2D eigenvalue weighted by atomic mass is 19.1. The Balaban J connectivity index is 2.18. The van der Waals surface area contributed by atoms with Gasteiger partial charge in [-0.05, 0) is 42.0 Å². The van der Waals surface area contributed by atoms with Crippen molar-refractivity contribution in [2.24, 2.45) is 0 Å². The molecule has 0 unspecified atom stereocenters. The molecule has 0 amide bonds. The Hall–Kier alpha value is -3.65. The van der Waals surface area contributed by atoms with Crippen molar-refractivity contribution in [3.63, 3.8) is 0 Å². The molecule has 1 N–H and O–H groups in total. The molecule has 0 heterocycles. The fraction of sp³-hybridized carbons (Fsp3) is 0.0455. The summed E-state index contributed by atoms with van der Waals surface area (Å²) in [5, 5.41) is 10.4. The Labute approximate surface area is 154 Å². The topological polar surface area (TPSA) is 46.5 Å². The maximum absolute atomic E-state index is 14.2. The molecule has 0 bridgehead atoms. The lowest BCUT2D eigenvalue weighted by molar-refractivity contribution is 0.0597. The van der Waals surface area contributed by atoms with Gasteiger partial charge in [0.25, 0.3) is 0 Å². The van der Waals surface area contributed by atoms with E-state index >= 15 is 0 Å². The van der Waals surface area contributed by atoms with Gasteiger partial charge in [0, 0.05) is 17.2 Å². The van der Waals surface area contributed by atoms with Crippen LogP contribution >= 0.6 is 0 Å². The molecule has 0 aliphatic rings. The molecule has 3 rings (SSSR count). The summed E-state index contributed by atoms with van der Waals surface area (Å²) in [7, 11) is 1.17. The van der Waals surface area contributed by atoms with Crippen LogP contribution in [0.1, 0.15) is 21.5 Å². The van der Waals surface area contributed by atoms with Crippen molar-refractivity contribution in [1.29, 1.82) is 0 Å². The summed E-state index contributed by atoms with van der Waals surface area (Å²) in [4.78, 5) is 12.0. The lowest BCUT2D eigenvalue weighted by Gasteiger charge is -2.10. The molecule has 0 saturated carbocycles. The lowest BCUT2D eigenvalue weighted by atomic mass is 9.98. The number of halogens is 2. The van der Waals surface area contributed by atoms with Crippen molar-refractivity contribution in [1.82, 2.24) is 0 Å². The highest BCUT2D eigenvalue weighted by molar-refractivity contribution is 5.95. The molecule has 0 aliphatic carbocycles. The van der Waals surface area contributed by atoms with Gasteiger partial charge in [0.05, 0.1) is 12.7 Å². The van der Waals surface area contributed by atoms with Gasteiger partial charge < -0.3 is 9.84 Å². The van der Waals surface area contributed by atoms with Gasteiger partial charge in [0.1, 0.15) is 22.9 Å². The van der Waals surface area contributed by atoms with Crippen LogP contribution < -0.4 is 0 Å². The highest BCUT2D eigenvalue weighted by Gasteiger charge is 2.18. The largest absolute Gasteiger partial charge is 0.506 e. The van der Waals surface area contributed by atoms with Gasteiger partial charge in [-0.25, -0.2) is 13.6 Å². The monoisotopic (exact) mass is 364 g/mol. The van der Waals surface area contributed by atoms with Crippen LogP contribution in [-0.4, -0.2) is 18.2 Å². The number of ether oxygens (including phenoxy) is 1. The Morgan fingerprint density at radius 1 is 1.00 bits per heavy atom. The summed E-state index contributed by atoms with van der Waals surface area (Å²) >= 11 is 0. The predicted molar refractivity (Wildman–Crippen MR) is 97.2 cm³/mol. The summed E-state index contributed by atoms with van der Waals surface area (Å²) in [6, 6.07) is 14.9. The second-order valence-corrected chi connectivity index (χ2v) is 5.65. The van der Waals surface area contributed by atoms with Gasteiger partial charge in [0.2, 0.25) is 0 Å². The average Bonchev–Trinajstić information content (AvgIpc) is 2.67. The molecule has 0 saturated heterocycles. The highest BCUT2D eigenvalue weighted by Crippen LogP contribution is 2.32. The molecule has 3 aromatic carbocycles. The fourth-order valence-corrected chi connectivity index (χ4v) is 2.54. The number of rotatable bonds is 2. The molecular formula is C22H14F2O3. The molecule has 3 aromatic rings. The predicted octanol–water partition coefficient (Wildman–Crippen LogP) is 4.52. The number of hydrogen-bond donors (Lipinski definition) is 1. The molecule has 5 heteroatoms. The number of methoxy groups -OCH3 is 1. The zero-order valence-corrected chi connectivity index (χ0v) is 14.3. The SMILES string of the molecule is COC(=O)c1cc(-c2ccc(F)cc2F)cc(C#Cc2ccccc2)c1O. The van der Waals surface area contributed by atoms with Crippen LogP contribution in [0.2, 0.25) is 0 Å². The number of carbonyl (C=O) groups excluding carboxylic acids is 1. The first-order valence-corrected chi connectivity index (χ1v) is 7.97. The number of esters is 1. The molecule has 0 spiro atoms. The van der Waals surface area contributed by atoms with E-state index in [9.17, 15) is 18.7 Å². The summed E-state index contributed by atoms with van der Waals surface area (Å²) < 4.78 is 32.1. The van der Waals surface area contributed by atoms with Gasteiger partial charge in [-0.1, -0.05) is 30.0 Å². The minimum atomic E-state index is -0.793. The van der Waals surface area contributed by atoms with Crippen molar-refractivity contribution in [3.8, 4) is 28.7 Å². The van der Waals surface area contributed by atoms with Crippen LogP contribution in [-0.2, 0) is 4.74 Å². The van der Waals surface area contributed by atoms with E-state index in [-0.39, 0.29) is 28.0 Å². The summed E-state index contributed by atoms with van der Waals surface area (Å²) in [6.45, 7) is 0. The van der Waals surface area contributed by atoms with Crippen LogP contribution in [0.15, 0.2) is 60.7 Å². The molecule has 0 aliphatic heterocycles. The van der Waals surface area contributed by atoms with E-state index in [1.165, 1.54) is 25.3 Å². The number of phenols is 1. The molecule has 134 valence electrons. The van der Waals surface area contributed by atoms with E-state index < -0.39 is 17.6 Å². The number of benzene rings is 3. The first-order valence-electron chi connectivity index (χ1n) is 7.97. The molecule has 0 radical (unpaired) electrons. The third-order valence-electron chi connectivity index (χ3n) is 3.87. The van der Waals surface area contributed by atoms with E-state index in [2.05, 4.69) is 16.6 Å². The van der Waals surface area contributed by atoms with Crippen LogP contribution in [0.5, 0.6) is 5.75 Å². The zero-order valence-electron chi connectivity index (χ0n) is 14.3. The van der Waals surface area contributed by atoms with Gasteiger partial charge >= 0.3 is 5.97 Å². The minimum absolute atomic E-state index is 0.0734. The van der Waals surface area contributed by atoms with Crippen LogP contribution in [0.25, 0.3) is 11.1 Å². The standard InChI is InChI=1S/C22H14F2O3/c1-27-22(26)19-12-16(18-10-9-17(23)13-20(18)24)11-15(21(19)25)8-7-14-5-3-2-4-6-14/h2-6,9-13,25H,1H3. The molecular weight excluding hydrogens is 350 g/mol. The Bertz CT molecular complexity index is 1060. The van der Waals surface area contributed by atoms with Crippen molar-refractivity contribution >= 4 is 5.97 Å². The number of hydrogen-bond acceptors (Lipinski definition) is 3. The van der Waals surface area contributed by atoms with Crippen molar-refractivity contribution in [2.45, 2.75) is 0 Å². The summed E-state index contributed by atoms with van der Waals surface area (Å²) in [5.74, 6) is 2.99. The molecule has 0 fully saturated rings. The first kappa shape index (κ1) is 18.2. The normalized spacial score (nSPS) is 10.0. The maximum atomic E-state index is 14.2. The minimum Gasteiger partial charge on any atom is -0.506 e. The molecule has 3 nitrogen and oxygen atoms in total. The molecule has 27 heavy (non-hydrogen) atoms. The van der Waals surface area contributed by atoms with E-state index in [4.69, 9.17) is 0 Å². The Morgan fingerprint density at radius 2 is 1.74 bits per heavy atom.